The van der Waals surface area contributed by atoms with Crippen LogP contribution >= 0.6 is 0 Å². The van der Waals surface area contributed by atoms with Crippen molar-refractivity contribution in [3.05, 3.63) is 71.4 Å². The lowest BCUT2D eigenvalue weighted by Gasteiger charge is -2.12. The molecule has 2 aromatic rings. The van der Waals surface area contributed by atoms with Crippen LogP contribution in [0.5, 0.6) is 0 Å². The van der Waals surface area contributed by atoms with E-state index in [2.05, 4.69) is 12.2 Å². The summed E-state index contributed by atoms with van der Waals surface area (Å²) in [6.45, 7) is 3.13. The first-order valence-corrected chi connectivity index (χ1v) is 5.58. The molecule has 0 bridgehead atoms. The van der Waals surface area contributed by atoms with Gasteiger partial charge in [-0.2, -0.15) is 0 Å². The molecule has 0 atom stereocenters. The fourth-order valence-corrected chi connectivity index (χ4v) is 1.68. The maximum absolute atomic E-state index is 13.4. The number of para-hydroxylation sites is 1. The van der Waals surface area contributed by atoms with Gasteiger partial charge in [0.2, 0.25) is 5.82 Å². The molecule has 1 N–H and O–H groups in total. The fourth-order valence-electron chi connectivity index (χ4n) is 1.68. The van der Waals surface area contributed by atoms with Gasteiger partial charge in [-0.05, 0) is 18.6 Å². The van der Waals surface area contributed by atoms with E-state index < -0.39 is 41.2 Å². The molecule has 0 heterocycles. The summed E-state index contributed by atoms with van der Waals surface area (Å²) in [4.78, 5) is 0. The van der Waals surface area contributed by atoms with Crippen LogP contribution in [-0.4, -0.2) is 0 Å². The summed E-state index contributed by atoms with van der Waals surface area (Å²) in [6, 6.07) is 6.57. The average molecular weight is 286 g/mol. The smallest absolute Gasteiger partial charge is 0.200 e. The zero-order valence-corrected chi connectivity index (χ0v) is 10.1. The van der Waals surface area contributed by atoms with Crippen LogP contribution in [0.1, 0.15) is 11.1 Å². The number of hydrogen-bond donors (Lipinski definition) is 1. The van der Waals surface area contributed by atoms with E-state index in [0.717, 1.165) is 0 Å². The normalized spacial score (nSPS) is 10.7. The Kier molecular flexibility index (Phi) is 3.92. The molecule has 1 radical (unpaired) electrons. The van der Waals surface area contributed by atoms with Gasteiger partial charge in [0.15, 0.2) is 23.3 Å². The first kappa shape index (κ1) is 14.3. The van der Waals surface area contributed by atoms with E-state index in [1.807, 2.05) is 0 Å². The third-order valence-corrected chi connectivity index (χ3v) is 2.77. The molecule has 0 unspecified atom stereocenters. The van der Waals surface area contributed by atoms with Gasteiger partial charge in [0.25, 0.3) is 0 Å². The van der Waals surface area contributed by atoms with Gasteiger partial charge in [0.1, 0.15) is 0 Å². The predicted octanol–water partition coefficient (Wildman–Crippen LogP) is 4.18. The van der Waals surface area contributed by atoms with Gasteiger partial charge in [-0.25, -0.2) is 22.0 Å². The number of benzene rings is 2. The zero-order chi connectivity index (χ0) is 14.9. The van der Waals surface area contributed by atoms with Crippen LogP contribution in [0.15, 0.2) is 24.3 Å². The average Bonchev–Trinajstić information content (AvgIpc) is 2.45. The van der Waals surface area contributed by atoms with Crippen LogP contribution < -0.4 is 5.32 Å². The van der Waals surface area contributed by atoms with Gasteiger partial charge in [-0.15, -0.1) is 0 Å². The van der Waals surface area contributed by atoms with Crippen LogP contribution in [0.4, 0.5) is 27.6 Å². The molecule has 2 rings (SSSR count). The molecular formula is C14H9F5N. The van der Waals surface area contributed by atoms with E-state index >= 15 is 0 Å². The highest BCUT2D eigenvalue weighted by molar-refractivity contribution is 5.52. The molecule has 0 fully saturated rings. The number of nitrogens with one attached hydrogen (secondary N) is 1. The summed E-state index contributed by atoms with van der Waals surface area (Å²) in [7, 11) is 0. The third-order valence-electron chi connectivity index (χ3n) is 2.77. The lowest BCUT2D eigenvalue weighted by atomic mass is 10.1. The molecule has 0 aliphatic rings. The van der Waals surface area contributed by atoms with E-state index in [9.17, 15) is 22.0 Å². The maximum Gasteiger partial charge on any atom is 0.200 e. The van der Waals surface area contributed by atoms with E-state index in [-0.39, 0.29) is 0 Å². The van der Waals surface area contributed by atoms with Crippen LogP contribution in [0.2, 0.25) is 0 Å². The van der Waals surface area contributed by atoms with Gasteiger partial charge in [-0.1, -0.05) is 18.2 Å². The first-order chi connectivity index (χ1) is 9.43. The van der Waals surface area contributed by atoms with Crippen molar-refractivity contribution in [1.29, 1.82) is 0 Å². The predicted molar refractivity (Wildman–Crippen MR) is 64.5 cm³/mol. The highest BCUT2D eigenvalue weighted by atomic mass is 19.2. The van der Waals surface area contributed by atoms with Gasteiger partial charge in [0.05, 0.1) is 0 Å². The molecule has 0 saturated heterocycles. The Balaban J connectivity index is 2.33. The molecule has 0 spiro atoms. The lowest BCUT2D eigenvalue weighted by Crippen LogP contribution is -2.11. The maximum atomic E-state index is 13.4. The summed E-state index contributed by atoms with van der Waals surface area (Å²) in [5.41, 5.74) is 0.0671. The van der Waals surface area contributed by atoms with Gasteiger partial charge in [0, 0.05) is 17.8 Å². The molecule has 1 nitrogen and oxygen atoms in total. The quantitative estimate of drug-likeness (QED) is 0.507. The Morgan fingerprint density at radius 1 is 0.800 bits per heavy atom. The highest BCUT2D eigenvalue weighted by Crippen LogP contribution is 2.24. The second-order valence-corrected chi connectivity index (χ2v) is 4.06. The highest BCUT2D eigenvalue weighted by Gasteiger charge is 2.25. The van der Waals surface area contributed by atoms with Crippen molar-refractivity contribution >= 4 is 5.69 Å². The number of halogens is 5. The Morgan fingerprint density at radius 3 is 1.85 bits per heavy atom. The Labute approximate surface area is 112 Å². The number of anilines is 1. The molecule has 105 valence electrons. The minimum absolute atomic E-state index is 0.441. The molecule has 0 aliphatic carbocycles. The van der Waals surface area contributed by atoms with E-state index in [0.29, 0.717) is 11.3 Å². The van der Waals surface area contributed by atoms with E-state index in [4.69, 9.17) is 0 Å². The van der Waals surface area contributed by atoms with Crippen molar-refractivity contribution in [3.63, 3.8) is 0 Å². The minimum atomic E-state index is -2.17. The van der Waals surface area contributed by atoms with Crippen molar-refractivity contribution in [2.24, 2.45) is 0 Å². The van der Waals surface area contributed by atoms with Gasteiger partial charge in [-0.3, -0.25) is 0 Å². The summed E-state index contributed by atoms with van der Waals surface area (Å²) >= 11 is 0. The lowest BCUT2D eigenvalue weighted by molar-refractivity contribution is 0.371. The molecule has 0 aromatic heterocycles. The van der Waals surface area contributed by atoms with Crippen LogP contribution in [0.3, 0.4) is 0 Å². The molecule has 6 heteroatoms. The molecular weight excluding hydrogens is 277 g/mol. The zero-order valence-electron chi connectivity index (χ0n) is 10.1. The SMILES string of the molecule is [CH2]c1ccccc1NCc1c(F)c(F)c(F)c(F)c1F. The van der Waals surface area contributed by atoms with Crippen molar-refractivity contribution in [2.45, 2.75) is 6.54 Å². The Morgan fingerprint density at radius 2 is 1.30 bits per heavy atom. The summed E-state index contributed by atoms with van der Waals surface area (Å²) in [5.74, 6) is -9.75. The van der Waals surface area contributed by atoms with Gasteiger partial charge < -0.3 is 5.32 Å². The summed E-state index contributed by atoms with van der Waals surface area (Å²) in [6.07, 6.45) is 0. The molecule has 20 heavy (non-hydrogen) atoms. The largest absolute Gasteiger partial charge is 0.381 e. The third kappa shape index (κ3) is 2.45. The topological polar surface area (TPSA) is 12.0 Å². The van der Waals surface area contributed by atoms with Crippen molar-refractivity contribution in [2.75, 3.05) is 5.32 Å². The summed E-state index contributed by atoms with van der Waals surface area (Å²) in [5, 5.41) is 2.59. The second-order valence-electron chi connectivity index (χ2n) is 4.06. The van der Waals surface area contributed by atoms with Crippen LogP contribution in [0.25, 0.3) is 0 Å². The molecule has 0 aliphatic heterocycles. The van der Waals surface area contributed by atoms with Crippen LogP contribution in [-0.2, 0) is 6.54 Å². The van der Waals surface area contributed by atoms with Crippen LogP contribution in [0, 0.1) is 36.0 Å². The Hall–Kier alpha value is -2.11. The number of hydrogen-bond acceptors (Lipinski definition) is 1. The fraction of sp³-hybridized carbons (Fsp3) is 0.0714. The van der Waals surface area contributed by atoms with E-state index in [1.165, 1.54) is 0 Å². The second kappa shape index (κ2) is 5.48. The Bertz CT molecular complexity index is 625. The van der Waals surface area contributed by atoms with Crippen molar-refractivity contribution in [3.8, 4) is 0 Å². The van der Waals surface area contributed by atoms with Crippen molar-refractivity contribution in [1.82, 2.24) is 0 Å². The molecule has 0 amide bonds. The van der Waals surface area contributed by atoms with E-state index in [1.54, 1.807) is 24.3 Å². The number of rotatable bonds is 3. The molecule has 2 aromatic carbocycles. The summed E-state index contributed by atoms with van der Waals surface area (Å²) < 4.78 is 65.7. The first-order valence-electron chi connectivity index (χ1n) is 5.58. The molecule has 0 saturated carbocycles. The minimum Gasteiger partial charge on any atom is -0.381 e. The standard InChI is InChI=1S/C14H9F5N/c1-7-4-2-3-5-9(7)20-6-8-10(15)12(17)14(19)13(18)11(8)16/h2-5,20H,1,6H2. The van der Waals surface area contributed by atoms with Crippen molar-refractivity contribution < 1.29 is 22.0 Å². The monoisotopic (exact) mass is 286 g/mol. The van der Waals surface area contributed by atoms with Gasteiger partial charge >= 0.3 is 0 Å².